The number of nitrogens with zero attached hydrogens (tertiary/aromatic N) is 2. The van der Waals surface area contributed by atoms with Gasteiger partial charge in [0.25, 0.3) is 0 Å². The minimum atomic E-state index is 0.412. The number of hydrogen-bond acceptors (Lipinski definition) is 2. The highest BCUT2D eigenvalue weighted by Gasteiger charge is 2.14. The van der Waals surface area contributed by atoms with Crippen molar-refractivity contribution in [2.24, 2.45) is 0 Å². The maximum Gasteiger partial charge on any atom is 0.0624 e. The van der Waals surface area contributed by atoms with Gasteiger partial charge in [0.1, 0.15) is 0 Å². The van der Waals surface area contributed by atoms with E-state index in [2.05, 4.69) is 75.2 Å². The Balaban J connectivity index is 2.12. The molecule has 0 aliphatic rings. The molecule has 0 aliphatic heterocycles. The molecule has 0 saturated carbocycles. The van der Waals surface area contributed by atoms with Crippen molar-refractivity contribution in [3.05, 3.63) is 51.8 Å². The van der Waals surface area contributed by atoms with Crippen LogP contribution in [0.25, 0.3) is 0 Å². The number of likely N-dealkylation sites (N-methyl/N-ethyl adjacent to an activating group) is 1. The second kappa shape index (κ2) is 7.76. The summed E-state index contributed by atoms with van der Waals surface area (Å²) in [5, 5.41) is 8.08. The lowest BCUT2D eigenvalue weighted by Gasteiger charge is -2.17. The van der Waals surface area contributed by atoms with E-state index in [0.717, 1.165) is 25.8 Å². The van der Waals surface area contributed by atoms with E-state index in [9.17, 15) is 0 Å². The number of rotatable bonds is 7. The van der Waals surface area contributed by atoms with Crippen LogP contribution in [0.1, 0.15) is 30.8 Å². The number of hydrogen-bond donors (Lipinski definition) is 1. The minimum absolute atomic E-state index is 0.412. The third-order valence-corrected chi connectivity index (χ3v) is 4.64. The van der Waals surface area contributed by atoms with Gasteiger partial charge in [-0.25, -0.2) is 0 Å². The molecule has 1 N–H and O–H groups in total. The van der Waals surface area contributed by atoms with Crippen LogP contribution in [-0.4, -0.2) is 22.9 Å². The summed E-state index contributed by atoms with van der Waals surface area (Å²) in [5.74, 6) is 0. The van der Waals surface area contributed by atoms with Crippen molar-refractivity contribution in [1.82, 2.24) is 15.1 Å². The SMILES string of the molecule is CCc1cc(CC(Cc2ccccc2Br)NC)n(CC)n1. The molecule has 0 aliphatic carbocycles. The molecule has 0 saturated heterocycles. The molecular weight excluding hydrogens is 326 g/mol. The van der Waals surface area contributed by atoms with Gasteiger partial charge in [0.2, 0.25) is 0 Å². The standard InChI is InChI=1S/C17H24BrN3/c1-4-14-11-16(21(5-2)20-14)12-15(19-3)10-13-8-6-7-9-17(13)18/h6-9,11,15,19H,4-5,10,12H2,1-3H3. The Hall–Kier alpha value is -1.13. The summed E-state index contributed by atoms with van der Waals surface area (Å²) >= 11 is 3.64. The summed E-state index contributed by atoms with van der Waals surface area (Å²) in [4.78, 5) is 0. The van der Waals surface area contributed by atoms with Gasteiger partial charge in [-0.3, -0.25) is 4.68 Å². The van der Waals surface area contributed by atoms with Crippen molar-refractivity contribution in [3.63, 3.8) is 0 Å². The van der Waals surface area contributed by atoms with Crippen LogP contribution in [0.2, 0.25) is 0 Å². The summed E-state index contributed by atoms with van der Waals surface area (Å²) in [5.41, 5.74) is 3.85. The molecule has 1 heterocycles. The van der Waals surface area contributed by atoms with Crippen molar-refractivity contribution in [3.8, 4) is 0 Å². The van der Waals surface area contributed by atoms with Gasteiger partial charge in [0, 0.05) is 29.2 Å². The third-order valence-electron chi connectivity index (χ3n) is 3.86. The average molecular weight is 350 g/mol. The fourth-order valence-corrected chi connectivity index (χ4v) is 3.03. The first-order valence-electron chi connectivity index (χ1n) is 7.64. The minimum Gasteiger partial charge on any atom is -0.316 e. The molecule has 114 valence electrons. The van der Waals surface area contributed by atoms with Crippen molar-refractivity contribution < 1.29 is 0 Å². The molecular formula is C17H24BrN3. The summed E-state index contributed by atoms with van der Waals surface area (Å²) in [6.45, 7) is 5.24. The average Bonchev–Trinajstić information content (AvgIpc) is 2.90. The number of aromatic nitrogens is 2. The molecule has 2 rings (SSSR count). The number of benzene rings is 1. The van der Waals surface area contributed by atoms with Crippen molar-refractivity contribution >= 4 is 15.9 Å². The first-order valence-corrected chi connectivity index (χ1v) is 8.43. The highest BCUT2D eigenvalue weighted by atomic mass is 79.9. The lowest BCUT2D eigenvalue weighted by molar-refractivity contribution is 0.519. The summed E-state index contributed by atoms with van der Waals surface area (Å²) < 4.78 is 3.31. The van der Waals surface area contributed by atoms with Crippen LogP contribution < -0.4 is 5.32 Å². The maximum absolute atomic E-state index is 4.64. The van der Waals surface area contributed by atoms with Crippen LogP contribution in [-0.2, 0) is 25.8 Å². The molecule has 4 heteroatoms. The number of aryl methyl sites for hydroxylation is 2. The van der Waals surface area contributed by atoms with Gasteiger partial charge in [-0.1, -0.05) is 41.1 Å². The van der Waals surface area contributed by atoms with E-state index >= 15 is 0 Å². The molecule has 1 aromatic heterocycles. The summed E-state index contributed by atoms with van der Waals surface area (Å²) in [6.07, 6.45) is 3.00. The van der Waals surface area contributed by atoms with Gasteiger partial charge >= 0.3 is 0 Å². The lowest BCUT2D eigenvalue weighted by Crippen LogP contribution is -2.31. The van der Waals surface area contributed by atoms with Crippen LogP contribution in [0.15, 0.2) is 34.8 Å². The van der Waals surface area contributed by atoms with Crippen LogP contribution in [0, 0.1) is 0 Å². The van der Waals surface area contributed by atoms with Crippen molar-refractivity contribution in [1.29, 1.82) is 0 Å². The normalized spacial score (nSPS) is 12.6. The Kier molecular flexibility index (Phi) is 6.00. The van der Waals surface area contributed by atoms with Crippen LogP contribution in [0.3, 0.4) is 0 Å². The predicted octanol–water partition coefficient (Wildman–Crippen LogP) is 3.60. The Morgan fingerprint density at radius 1 is 1.24 bits per heavy atom. The second-order valence-corrected chi connectivity index (χ2v) is 6.14. The smallest absolute Gasteiger partial charge is 0.0624 e. The molecule has 0 radical (unpaired) electrons. The van der Waals surface area contributed by atoms with E-state index in [1.165, 1.54) is 21.4 Å². The highest BCUT2D eigenvalue weighted by molar-refractivity contribution is 9.10. The van der Waals surface area contributed by atoms with Gasteiger partial charge < -0.3 is 5.32 Å². The fourth-order valence-electron chi connectivity index (χ4n) is 2.58. The molecule has 1 unspecified atom stereocenters. The van der Waals surface area contributed by atoms with Gasteiger partial charge in [-0.15, -0.1) is 0 Å². The molecule has 1 atom stereocenters. The van der Waals surface area contributed by atoms with Crippen LogP contribution >= 0.6 is 15.9 Å². The second-order valence-electron chi connectivity index (χ2n) is 5.28. The molecule has 0 amide bonds. The van der Waals surface area contributed by atoms with Gasteiger partial charge in [-0.2, -0.15) is 5.10 Å². The highest BCUT2D eigenvalue weighted by Crippen LogP contribution is 2.19. The Labute approximate surface area is 135 Å². The number of nitrogens with one attached hydrogen (secondary N) is 1. The van der Waals surface area contributed by atoms with Crippen molar-refractivity contribution in [2.75, 3.05) is 7.05 Å². The molecule has 2 aromatic rings. The molecule has 0 fully saturated rings. The van der Waals surface area contributed by atoms with E-state index in [-0.39, 0.29) is 0 Å². The van der Waals surface area contributed by atoms with E-state index < -0.39 is 0 Å². The Morgan fingerprint density at radius 3 is 2.62 bits per heavy atom. The topological polar surface area (TPSA) is 29.9 Å². The molecule has 0 bridgehead atoms. The van der Waals surface area contributed by atoms with Gasteiger partial charge in [0.05, 0.1) is 5.69 Å². The third kappa shape index (κ3) is 4.17. The molecule has 21 heavy (non-hydrogen) atoms. The summed E-state index contributed by atoms with van der Waals surface area (Å²) in [7, 11) is 2.04. The Morgan fingerprint density at radius 2 is 2.00 bits per heavy atom. The Bertz CT molecular complexity index is 577. The first kappa shape index (κ1) is 16.2. The lowest BCUT2D eigenvalue weighted by atomic mass is 10.0. The van der Waals surface area contributed by atoms with Gasteiger partial charge in [0.15, 0.2) is 0 Å². The van der Waals surface area contributed by atoms with Crippen LogP contribution in [0.4, 0.5) is 0 Å². The van der Waals surface area contributed by atoms with E-state index in [4.69, 9.17) is 0 Å². The van der Waals surface area contributed by atoms with Crippen LogP contribution in [0.5, 0.6) is 0 Å². The largest absolute Gasteiger partial charge is 0.316 e. The zero-order chi connectivity index (χ0) is 15.2. The van der Waals surface area contributed by atoms with E-state index in [0.29, 0.717) is 6.04 Å². The van der Waals surface area contributed by atoms with Gasteiger partial charge in [-0.05, 0) is 44.5 Å². The molecule has 0 spiro atoms. The van der Waals surface area contributed by atoms with E-state index in [1.54, 1.807) is 0 Å². The zero-order valence-electron chi connectivity index (χ0n) is 13.1. The molecule has 3 nitrogen and oxygen atoms in total. The maximum atomic E-state index is 4.64. The molecule has 1 aromatic carbocycles. The fraction of sp³-hybridized carbons (Fsp3) is 0.471. The zero-order valence-corrected chi connectivity index (χ0v) is 14.7. The van der Waals surface area contributed by atoms with E-state index in [1.807, 2.05) is 7.05 Å². The van der Waals surface area contributed by atoms with Crippen molar-refractivity contribution in [2.45, 2.75) is 45.7 Å². The quantitative estimate of drug-likeness (QED) is 0.827. The summed E-state index contributed by atoms with van der Waals surface area (Å²) in [6, 6.07) is 11.1. The predicted molar refractivity (Wildman–Crippen MR) is 91.7 cm³/mol. The first-order chi connectivity index (χ1) is 10.2. The monoisotopic (exact) mass is 349 g/mol. The number of halogens is 1.